The van der Waals surface area contributed by atoms with Gasteiger partial charge in [-0.05, 0) is 13.3 Å². The molecule has 3 fully saturated rings. The van der Waals surface area contributed by atoms with E-state index in [2.05, 4.69) is 10.6 Å². The summed E-state index contributed by atoms with van der Waals surface area (Å²) in [6, 6.07) is -0.572. The molecule has 11 heteroatoms. The van der Waals surface area contributed by atoms with Gasteiger partial charge in [0.05, 0.1) is 30.6 Å². The molecule has 178 valence electrons. The Bertz CT molecular complexity index is 814. The number of nitrogens with one attached hydrogen (secondary N) is 2. The quantitative estimate of drug-likeness (QED) is 0.291. The lowest BCUT2D eigenvalue weighted by molar-refractivity contribution is -0.163. The van der Waals surface area contributed by atoms with Crippen molar-refractivity contribution in [2.75, 3.05) is 32.7 Å². The molecule has 0 saturated carbocycles. The summed E-state index contributed by atoms with van der Waals surface area (Å²) in [5.41, 5.74) is 0.0206. The van der Waals surface area contributed by atoms with Crippen molar-refractivity contribution in [1.82, 2.24) is 20.4 Å². The number of aliphatic carboxylic acids is 1. The van der Waals surface area contributed by atoms with Gasteiger partial charge >= 0.3 is 5.97 Å². The second kappa shape index (κ2) is 9.30. The predicted octanol–water partition coefficient (Wildman–Crippen LogP) is -1.21. The molecule has 0 aromatic heterocycles. The minimum absolute atomic E-state index is 0.0206. The van der Waals surface area contributed by atoms with Crippen molar-refractivity contribution < 1.29 is 29.7 Å². The second-order valence-corrected chi connectivity index (χ2v) is 10.5. The van der Waals surface area contributed by atoms with E-state index in [1.165, 1.54) is 16.7 Å². The van der Waals surface area contributed by atoms with Gasteiger partial charge in [-0.2, -0.15) is 0 Å². The van der Waals surface area contributed by atoms with Gasteiger partial charge in [0.15, 0.2) is 0 Å². The second-order valence-electron chi connectivity index (χ2n) is 9.16. The van der Waals surface area contributed by atoms with Crippen LogP contribution in [0.15, 0.2) is 10.6 Å². The van der Waals surface area contributed by atoms with Crippen LogP contribution in [-0.4, -0.2) is 105 Å². The highest BCUT2D eigenvalue weighted by atomic mass is 32.2. The van der Waals surface area contributed by atoms with E-state index in [0.717, 1.165) is 13.1 Å². The smallest absolute Gasteiger partial charge is 0.353 e. The summed E-state index contributed by atoms with van der Waals surface area (Å²) in [5.74, 6) is -2.28. The van der Waals surface area contributed by atoms with E-state index in [1.807, 2.05) is 6.92 Å². The summed E-state index contributed by atoms with van der Waals surface area (Å²) in [6.45, 7) is 6.86. The van der Waals surface area contributed by atoms with Gasteiger partial charge in [-0.1, -0.05) is 6.92 Å². The Hall–Kier alpha value is -1.66. The number of aliphatic hydroxyl groups excluding tert-OH is 2. The van der Waals surface area contributed by atoms with Gasteiger partial charge in [-0.25, -0.2) is 4.79 Å². The van der Waals surface area contributed by atoms with Crippen LogP contribution >= 0.6 is 11.8 Å². The SMILES string of the molecule is C[C@@H](O)[C@H]1C(=O)N2C(C(=O)O)=C(S[C@@H]3CN[C@H]([C@H](O)CC(=O)N4CCNCC4)C3)[C@H](C)[C@H]12. The first-order chi connectivity index (χ1) is 15.2. The van der Waals surface area contributed by atoms with Gasteiger partial charge in [0, 0.05) is 54.8 Å². The van der Waals surface area contributed by atoms with E-state index in [9.17, 15) is 29.7 Å². The molecule has 5 N–H and O–H groups in total. The zero-order valence-corrected chi connectivity index (χ0v) is 19.2. The molecule has 0 spiro atoms. The number of piperazine rings is 1. The normalized spacial score (nSPS) is 34.4. The Morgan fingerprint density at radius 2 is 1.94 bits per heavy atom. The summed E-state index contributed by atoms with van der Waals surface area (Å²) in [5, 5.41) is 36.9. The number of amides is 2. The number of rotatable bonds is 7. The maximum atomic E-state index is 12.5. The highest BCUT2D eigenvalue weighted by Crippen LogP contribution is 2.51. The van der Waals surface area contributed by atoms with Crippen LogP contribution in [0, 0.1) is 11.8 Å². The van der Waals surface area contributed by atoms with Crippen LogP contribution < -0.4 is 10.6 Å². The largest absolute Gasteiger partial charge is 0.477 e. The van der Waals surface area contributed by atoms with Crippen LogP contribution in [0.25, 0.3) is 0 Å². The number of thioether (sulfide) groups is 1. The predicted molar refractivity (Wildman–Crippen MR) is 117 cm³/mol. The number of hydrogen-bond donors (Lipinski definition) is 5. The van der Waals surface area contributed by atoms with Crippen LogP contribution in [0.5, 0.6) is 0 Å². The van der Waals surface area contributed by atoms with Crippen LogP contribution in [0.3, 0.4) is 0 Å². The van der Waals surface area contributed by atoms with Gasteiger partial charge < -0.3 is 35.8 Å². The molecule has 0 bridgehead atoms. The van der Waals surface area contributed by atoms with E-state index in [0.29, 0.717) is 31.0 Å². The average Bonchev–Trinajstić information content (AvgIpc) is 3.31. The number of carbonyl (C=O) groups is 3. The zero-order valence-electron chi connectivity index (χ0n) is 18.4. The third-order valence-electron chi connectivity index (χ3n) is 7.05. The summed E-state index contributed by atoms with van der Waals surface area (Å²) in [6.07, 6.45) is -0.971. The number of carboxylic acids is 1. The van der Waals surface area contributed by atoms with Crippen molar-refractivity contribution in [1.29, 1.82) is 0 Å². The molecular weight excluding hydrogens is 436 g/mol. The first-order valence-corrected chi connectivity index (χ1v) is 12.1. The lowest BCUT2D eigenvalue weighted by Gasteiger charge is -2.46. The van der Waals surface area contributed by atoms with Gasteiger partial charge in [0.2, 0.25) is 11.8 Å². The lowest BCUT2D eigenvalue weighted by atomic mass is 9.79. The summed E-state index contributed by atoms with van der Waals surface area (Å²) >= 11 is 1.44. The number of aliphatic hydroxyl groups is 2. The van der Waals surface area contributed by atoms with E-state index < -0.39 is 24.1 Å². The van der Waals surface area contributed by atoms with E-state index >= 15 is 0 Å². The summed E-state index contributed by atoms with van der Waals surface area (Å²) in [4.78, 5) is 40.6. The first kappa shape index (κ1) is 23.5. The van der Waals surface area contributed by atoms with Crippen molar-refractivity contribution in [3.05, 3.63) is 10.6 Å². The Labute approximate surface area is 191 Å². The number of hydrogen-bond acceptors (Lipinski definition) is 8. The molecule has 4 heterocycles. The maximum Gasteiger partial charge on any atom is 0.353 e. The van der Waals surface area contributed by atoms with Crippen molar-refractivity contribution in [3.8, 4) is 0 Å². The van der Waals surface area contributed by atoms with Crippen molar-refractivity contribution in [2.24, 2.45) is 11.8 Å². The van der Waals surface area contributed by atoms with Crippen LogP contribution in [0.2, 0.25) is 0 Å². The standard InChI is InChI=1S/C21H32N4O6S/c1-10-17-16(11(2)26)20(29)25(17)18(21(30)31)19(10)32-12-7-13(23-9-12)14(27)8-15(28)24-5-3-22-4-6-24/h10-14,16-17,22-23,26-27H,3-9H2,1-2H3,(H,30,31)/t10-,11-,12+,13+,14-,16-,17-/m1/s1. The molecule has 0 unspecified atom stereocenters. The Kier molecular flexibility index (Phi) is 6.83. The third kappa shape index (κ3) is 4.16. The van der Waals surface area contributed by atoms with Gasteiger partial charge in [0.1, 0.15) is 5.70 Å². The summed E-state index contributed by atoms with van der Waals surface area (Å²) < 4.78 is 0. The number of carboxylic acid groups (broad SMARTS) is 1. The highest BCUT2D eigenvalue weighted by molar-refractivity contribution is 8.03. The molecule has 4 aliphatic heterocycles. The average molecular weight is 469 g/mol. The number of fused-ring (bicyclic) bond motifs is 1. The third-order valence-corrected chi connectivity index (χ3v) is 8.56. The number of carbonyl (C=O) groups excluding carboxylic acids is 2. The Balaban J connectivity index is 1.38. The Morgan fingerprint density at radius 3 is 2.56 bits per heavy atom. The highest BCUT2D eigenvalue weighted by Gasteiger charge is 2.60. The Morgan fingerprint density at radius 1 is 1.25 bits per heavy atom. The van der Waals surface area contributed by atoms with E-state index in [1.54, 1.807) is 11.8 Å². The minimum atomic E-state index is -1.14. The monoisotopic (exact) mass is 468 g/mol. The summed E-state index contributed by atoms with van der Waals surface area (Å²) in [7, 11) is 0. The molecule has 32 heavy (non-hydrogen) atoms. The van der Waals surface area contributed by atoms with Crippen LogP contribution in [0.4, 0.5) is 0 Å². The first-order valence-electron chi connectivity index (χ1n) is 11.3. The van der Waals surface area contributed by atoms with Gasteiger partial charge in [0.25, 0.3) is 0 Å². The molecule has 4 rings (SSSR count). The molecule has 2 amide bonds. The molecule has 4 aliphatic rings. The molecule has 0 radical (unpaired) electrons. The number of nitrogens with zero attached hydrogens (tertiary/aromatic N) is 2. The topological polar surface area (TPSA) is 142 Å². The molecule has 0 aliphatic carbocycles. The van der Waals surface area contributed by atoms with Crippen molar-refractivity contribution >= 4 is 29.5 Å². The van der Waals surface area contributed by atoms with Gasteiger partial charge in [-0.3, -0.25) is 9.59 Å². The number of β-lactam (4-membered cyclic amide) rings is 1. The molecule has 0 aromatic rings. The molecule has 7 atom stereocenters. The fraction of sp³-hybridized carbons (Fsp3) is 0.762. The van der Waals surface area contributed by atoms with Crippen molar-refractivity contribution in [2.45, 2.75) is 56.2 Å². The van der Waals surface area contributed by atoms with E-state index in [-0.39, 0.29) is 47.2 Å². The van der Waals surface area contributed by atoms with Crippen LogP contribution in [-0.2, 0) is 14.4 Å². The van der Waals surface area contributed by atoms with Crippen molar-refractivity contribution in [3.63, 3.8) is 0 Å². The van der Waals surface area contributed by atoms with Gasteiger partial charge in [-0.15, -0.1) is 11.8 Å². The molecule has 10 nitrogen and oxygen atoms in total. The lowest BCUT2D eigenvalue weighted by Crippen LogP contribution is -2.63. The van der Waals surface area contributed by atoms with Crippen LogP contribution in [0.1, 0.15) is 26.7 Å². The minimum Gasteiger partial charge on any atom is -0.477 e. The fourth-order valence-corrected chi connectivity index (χ4v) is 6.83. The van der Waals surface area contributed by atoms with E-state index in [4.69, 9.17) is 0 Å². The molecular formula is C21H32N4O6S. The maximum absolute atomic E-state index is 12.5. The zero-order chi connectivity index (χ0) is 23.2. The molecule has 3 saturated heterocycles. The molecule has 0 aromatic carbocycles. The fourth-order valence-electron chi connectivity index (χ4n) is 5.34.